The summed E-state index contributed by atoms with van der Waals surface area (Å²) in [6, 6.07) is 0. The van der Waals surface area contributed by atoms with Crippen molar-refractivity contribution in [3.05, 3.63) is 72.9 Å². The molecule has 0 aliphatic heterocycles. The molecular weight excluding hydrogens is 673 g/mol. The van der Waals surface area contributed by atoms with E-state index in [4.69, 9.17) is 18.5 Å². The topological polar surface area (TPSA) is 91.3 Å². The molecule has 0 bridgehead atoms. The highest BCUT2D eigenvalue weighted by molar-refractivity contribution is 7.47. The van der Waals surface area contributed by atoms with Crippen molar-refractivity contribution in [1.29, 1.82) is 0 Å². The van der Waals surface area contributed by atoms with E-state index >= 15 is 0 Å². The molecule has 8 nitrogen and oxygen atoms in total. The van der Waals surface area contributed by atoms with Crippen LogP contribution in [0.4, 0.5) is 0 Å². The number of carbonyl (C=O) groups is 1. The quantitative estimate of drug-likeness (QED) is 0.0224. The summed E-state index contributed by atoms with van der Waals surface area (Å²) in [7, 11) is 1.64. The maximum absolute atomic E-state index is 12.4. The van der Waals surface area contributed by atoms with E-state index in [0.717, 1.165) is 83.5 Å². The highest BCUT2D eigenvalue weighted by Gasteiger charge is 2.26. The van der Waals surface area contributed by atoms with E-state index in [2.05, 4.69) is 86.8 Å². The number of hydrogen-bond donors (Lipinski definition) is 1. The van der Waals surface area contributed by atoms with Crippen LogP contribution in [0.15, 0.2) is 72.9 Å². The van der Waals surface area contributed by atoms with E-state index in [1.54, 1.807) is 0 Å². The molecule has 0 spiro atoms. The summed E-state index contributed by atoms with van der Waals surface area (Å²) in [5, 5.41) is 0. The molecule has 0 heterocycles. The normalized spacial score (nSPS) is 14.7. The van der Waals surface area contributed by atoms with Gasteiger partial charge in [-0.05, 0) is 64.2 Å². The van der Waals surface area contributed by atoms with E-state index in [1.807, 2.05) is 21.1 Å². The molecule has 9 heteroatoms. The zero-order valence-electron chi connectivity index (χ0n) is 33.8. The number of esters is 1. The smallest absolute Gasteiger partial charge is 0.457 e. The number of allylic oxidation sites excluding steroid dienone is 12. The summed E-state index contributed by atoms with van der Waals surface area (Å²) in [6.07, 6.45) is 45.7. The predicted molar refractivity (Wildman–Crippen MR) is 219 cm³/mol. The molecule has 0 aromatic heterocycles. The highest BCUT2D eigenvalue weighted by Crippen LogP contribution is 2.43. The Balaban J connectivity index is 4.00. The van der Waals surface area contributed by atoms with Crippen molar-refractivity contribution in [3.8, 4) is 0 Å². The zero-order chi connectivity index (χ0) is 38.4. The minimum absolute atomic E-state index is 0.0825. The van der Waals surface area contributed by atoms with Crippen molar-refractivity contribution in [2.24, 2.45) is 0 Å². The number of ether oxygens (including phenoxy) is 2. The van der Waals surface area contributed by atoms with E-state index < -0.39 is 13.9 Å². The Labute approximate surface area is 319 Å². The van der Waals surface area contributed by atoms with Crippen molar-refractivity contribution in [2.45, 2.75) is 142 Å². The maximum atomic E-state index is 12.4. The summed E-state index contributed by atoms with van der Waals surface area (Å²) >= 11 is 0. The van der Waals surface area contributed by atoms with Gasteiger partial charge in [-0.1, -0.05) is 138 Å². The van der Waals surface area contributed by atoms with Gasteiger partial charge in [0.05, 0.1) is 34.4 Å². The Morgan fingerprint density at radius 3 is 1.65 bits per heavy atom. The number of hydrogen-bond acceptors (Lipinski definition) is 6. The number of unbranched alkanes of at least 4 members (excludes halogenated alkanes) is 10. The van der Waals surface area contributed by atoms with Gasteiger partial charge in [-0.15, -0.1) is 0 Å². The van der Waals surface area contributed by atoms with Gasteiger partial charge in [0.25, 0.3) is 0 Å². The Kier molecular flexibility index (Phi) is 34.5. The SMILES string of the molecule is CC/C=C\C/C=C\C/C=C\C/C=C\C/C=C\C/C=C\CCCCCCCCCOCC(COP(=O)(O)OCC[N+](C)(C)C)OC(=O)CCCCCC. The summed E-state index contributed by atoms with van der Waals surface area (Å²) < 4.78 is 34.6. The molecule has 0 saturated carbocycles. The second kappa shape index (κ2) is 35.9. The van der Waals surface area contributed by atoms with Crippen LogP contribution in [0.2, 0.25) is 0 Å². The first kappa shape index (κ1) is 49.9. The third-order valence-electron chi connectivity index (χ3n) is 8.03. The fourth-order valence-corrected chi connectivity index (χ4v) is 5.65. The first-order valence-electron chi connectivity index (χ1n) is 20.2. The van der Waals surface area contributed by atoms with Gasteiger partial charge in [0.2, 0.25) is 0 Å². The Bertz CT molecular complexity index is 1060. The Hall–Kier alpha value is -2.06. The number of quaternary nitrogens is 1. The van der Waals surface area contributed by atoms with Crippen LogP contribution in [0.25, 0.3) is 0 Å². The molecule has 0 aliphatic rings. The lowest BCUT2D eigenvalue weighted by atomic mass is 10.1. The lowest BCUT2D eigenvalue weighted by Crippen LogP contribution is -2.37. The fourth-order valence-electron chi connectivity index (χ4n) is 4.91. The van der Waals surface area contributed by atoms with E-state index in [-0.39, 0.29) is 25.8 Å². The number of phosphoric ester groups is 1. The first-order chi connectivity index (χ1) is 25.1. The van der Waals surface area contributed by atoms with Crippen molar-refractivity contribution in [3.63, 3.8) is 0 Å². The third kappa shape index (κ3) is 39.2. The van der Waals surface area contributed by atoms with Crippen LogP contribution >= 0.6 is 7.82 Å². The van der Waals surface area contributed by atoms with E-state index in [0.29, 0.717) is 24.1 Å². The Morgan fingerprint density at radius 2 is 1.12 bits per heavy atom. The van der Waals surface area contributed by atoms with Gasteiger partial charge in [0, 0.05) is 13.0 Å². The summed E-state index contributed by atoms with van der Waals surface area (Å²) in [5.74, 6) is -0.340. The monoisotopic (exact) mass is 751 g/mol. The molecule has 0 rings (SSSR count). The largest absolute Gasteiger partial charge is 0.472 e. The van der Waals surface area contributed by atoms with Crippen LogP contribution in [0.1, 0.15) is 136 Å². The molecule has 0 aliphatic carbocycles. The fraction of sp³-hybridized carbons (Fsp3) is 0.698. The predicted octanol–water partition coefficient (Wildman–Crippen LogP) is 11.5. The lowest BCUT2D eigenvalue weighted by molar-refractivity contribution is -0.870. The molecular formula is C43H77NO7P+. The second-order valence-electron chi connectivity index (χ2n) is 14.3. The molecule has 0 radical (unpaired) electrons. The molecule has 2 atom stereocenters. The van der Waals surface area contributed by atoms with Crippen molar-refractivity contribution >= 4 is 13.8 Å². The van der Waals surface area contributed by atoms with Crippen LogP contribution in [0.5, 0.6) is 0 Å². The molecule has 0 amide bonds. The molecule has 0 saturated heterocycles. The summed E-state index contributed by atoms with van der Waals surface area (Å²) in [6.45, 7) is 5.33. The molecule has 0 fully saturated rings. The summed E-state index contributed by atoms with van der Waals surface area (Å²) in [4.78, 5) is 22.5. The number of rotatable bonds is 36. The molecule has 300 valence electrons. The number of likely N-dealkylation sites (N-methyl/N-ethyl adjacent to an activating group) is 1. The third-order valence-corrected chi connectivity index (χ3v) is 9.02. The van der Waals surface area contributed by atoms with Gasteiger partial charge in [0.15, 0.2) is 0 Å². The number of phosphoric acid groups is 1. The van der Waals surface area contributed by atoms with Gasteiger partial charge in [-0.3, -0.25) is 13.8 Å². The van der Waals surface area contributed by atoms with Gasteiger partial charge >= 0.3 is 13.8 Å². The van der Waals surface area contributed by atoms with E-state index in [9.17, 15) is 14.3 Å². The van der Waals surface area contributed by atoms with Crippen LogP contribution in [-0.2, 0) is 27.9 Å². The average molecular weight is 751 g/mol. The first-order valence-corrected chi connectivity index (χ1v) is 21.7. The van der Waals surface area contributed by atoms with Crippen LogP contribution < -0.4 is 0 Å². The summed E-state index contributed by atoms with van der Waals surface area (Å²) in [5.41, 5.74) is 0. The second-order valence-corrected chi connectivity index (χ2v) is 15.7. The van der Waals surface area contributed by atoms with Crippen molar-refractivity contribution in [2.75, 3.05) is 54.1 Å². The van der Waals surface area contributed by atoms with E-state index in [1.165, 1.54) is 32.1 Å². The molecule has 1 N–H and O–H groups in total. The van der Waals surface area contributed by atoms with Crippen molar-refractivity contribution < 1.29 is 37.3 Å². The molecule has 52 heavy (non-hydrogen) atoms. The van der Waals surface area contributed by atoms with Gasteiger partial charge < -0.3 is 18.9 Å². The highest BCUT2D eigenvalue weighted by atomic mass is 31.2. The number of carbonyl (C=O) groups excluding carboxylic acids is 1. The molecule has 0 aromatic carbocycles. The van der Waals surface area contributed by atoms with Gasteiger partial charge in [-0.2, -0.15) is 0 Å². The van der Waals surface area contributed by atoms with Crippen LogP contribution in [-0.4, -0.2) is 75.6 Å². The standard InChI is InChI=1S/C43H76NO7P/c1-6-8-10-12-13-14-15-16-17-18-19-20-21-22-23-24-25-26-27-28-29-30-31-32-33-35-38-48-40-42(51-43(45)36-34-11-9-7-2)41-50-52(46,47)49-39-37-44(3,4)5/h8,10,13-14,16-17,19-20,22-23,25-26,42H,6-7,9,11-12,15,18,21,24,27-41H2,1-5H3/p+1/b10-8-,14-13-,17-16-,20-19-,23-22-,26-25-. The van der Waals surface area contributed by atoms with Gasteiger partial charge in [0.1, 0.15) is 19.3 Å². The van der Waals surface area contributed by atoms with Crippen LogP contribution in [0.3, 0.4) is 0 Å². The lowest BCUT2D eigenvalue weighted by Gasteiger charge is -2.24. The minimum Gasteiger partial charge on any atom is -0.457 e. The Morgan fingerprint density at radius 1 is 0.615 bits per heavy atom. The minimum atomic E-state index is -4.26. The van der Waals surface area contributed by atoms with Crippen molar-refractivity contribution in [1.82, 2.24) is 0 Å². The van der Waals surface area contributed by atoms with Gasteiger partial charge in [-0.25, -0.2) is 4.57 Å². The molecule has 0 aromatic rings. The molecule has 2 unspecified atom stereocenters. The maximum Gasteiger partial charge on any atom is 0.472 e. The number of nitrogens with zero attached hydrogens (tertiary/aromatic N) is 1. The zero-order valence-corrected chi connectivity index (χ0v) is 34.7. The van der Waals surface area contributed by atoms with Crippen LogP contribution in [0, 0.1) is 0 Å². The average Bonchev–Trinajstić information content (AvgIpc) is 3.09.